The Kier molecular flexibility index (Phi) is 6.36. The fraction of sp³-hybridized carbons (Fsp3) is 0.533. The number of hydrogen-bond donors (Lipinski definition) is 1. The van der Waals surface area contributed by atoms with Crippen molar-refractivity contribution in [3.8, 4) is 5.75 Å². The van der Waals surface area contributed by atoms with Gasteiger partial charge in [-0.1, -0.05) is 12.1 Å². The topological polar surface area (TPSA) is 49.8 Å². The summed E-state index contributed by atoms with van der Waals surface area (Å²) in [6, 6.07) is 7.69. The van der Waals surface area contributed by atoms with Crippen LogP contribution in [0.4, 0.5) is 0 Å². The van der Waals surface area contributed by atoms with Crippen molar-refractivity contribution in [2.45, 2.75) is 32.3 Å². The van der Waals surface area contributed by atoms with E-state index in [0.29, 0.717) is 25.9 Å². The molecule has 0 aliphatic rings. The Bertz CT molecular complexity index is 385. The number of rotatable bonds is 7. The van der Waals surface area contributed by atoms with Gasteiger partial charge in [0.2, 0.25) is 5.91 Å². The minimum absolute atomic E-state index is 0.121. The minimum atomic E-state index is -0.330. The van der Waals surface area contributed by atoms with Gasteiger partial charge in [0.1, 0.15) is 5.75 Å². The molecule has 19 heavy (non-hydrogen) atoms. The van der Waals surface area contributed by atoms with E-state index in [1.165, 1.54) is 0 Å². The van der Waals surface area contributed by atoms with Crippen LogP contribution in [-0.2, 0) is 11.2 Å². The van der Waals surface area contributed by atoms with E-state index >= 15 is 0 Å². The number of ether oxygens (including phenoxy) is 1. The molecule has 0 saturated heterocycles. The van der Waals surface area contributed by atoms with E-state index in [4.69, 9.17) is 4.74 Å². The van der Waals surface area contributed by atoms with E-state index in [-0.39, 0.29) is 12.0 Å². The van der Waals surface area contributed by atoms with Crippen molar-refractivity contribution in [1.82, 2.24) is 4.90 Å². The Morgan fingerprint density at radius 2 is 1.95 bits per heavy atom. The number of aliphatic hydroxyl groups excluding tert-OH is 1. The maximum absolute atomic E-state index is 11.3. The van der Waals surface area contributed by atoms with Crippen LogP contribution in [0.2, 0.25) is 0 Å². The van der Waals surface area contributed by atoms with Gasteiger partial charge in [-0.25, -0.2) is 0 Å². The standard InChI is InChI=1S/C15H23NO3/c1-12(17)11-13-6-8-14(9-7-13)19-10-4-5-15(18)16(2)3/h6-9,12,17H,4-5,10-11H2,1-3H3. The van der Waals surface area contributed by atoms with Crippen LogP contribution >= 0.6 is 0 Å². The summed E-state index contributed by atoms with van der Waals surface area (Å²) in [5.74, 6) is 0.919. The van der Waals surface area contributed by atoms with Crippen LogP contribution in [0.15, 0.2) is 24.3 Å². The SMILES string of the molecule is CC(O)Cc1ccc(OCCCC(=O)N(C)C)cc1. The Labute approximate surface area is 115 Å². The highest BCUT2D eigenvalue weighted by Crippen LogP contribution is 2.14. The molecule has 0 bridgehead atoms. The lowest BCUT2D eigenvalue weighted by atomic mass is 10.1. The predicted octanol–water partition coefficient (Wildman–Crippen LogP) is 1.86. The summed E-state index contributed by atoms with van der Waals surface area (Å²) < 4.78 is 5.56. The third-order valence-electron chi connectivity index (χ3n) is 2.76. The first-order valence-corrected chi connectivity index (χ1v) is 6.59. The molecule has 106 valence electrons. The Hall–Kier alpha value is -1.55. The predicted molar refractivity (Wildman–Crippen MR) is 75.2 cm³/mol. The average Bonchev–Trinajstić information content (AvgIpc) is 2.35. The van der Waals surface area contributed by atoms with Crippen LogP contribution in [0, 0.1) is 0 Å². The maximum Gasteiger partial charge on any atom is 0.222 e. The maximum atomic E-state index is 11.3. The average molecular weight is 265 g/mol. The lowest BCUT2D eigenvalue weighted by Gasteiger charge is -2.11. The number of amides is 1. The molecule has 4 nitrogen and oxygen atoms in total. The number of carbonyl (C=O) groups is 1. The minimum Gasteiger partial charge on any atom is -0.494 e. The molecule has 1 aromatic carbocycles. The lowest BCUT2D eigenvalue weighted by Crippen LogP contribution is -2.21. The molecule has 0 aliphatic carbocycles. The highest BCUT2D eigenvalue weighted by molar-refractivity contribution is 5.75. The summed E-state index contributed by atoms with van der Waals surface area (Å²) in [4.78, 5) is 12.9. The normalized spacial score (nSPS) is 12.0. The fourth-order valence-electron chi connectivity index (χ4n) is 1.70. The summed E-state index contributed by atoms with van der Waals surface area (Å²) in [5, 5.41) is 9.28. The first-order chi connectivity index (χ1) is 8.99. The summed E-state index contributed by atoms with van der Waals surface area (Å²) in [6.45, 7) is 2.31. The highest BCUT2D eigenvalue weighted by Gasteiger charge is 2.03. The van der Waals surface area contributed by atoms with E-state index in [0.717, 1.165) is 11.3 Å². The summed E-state index contributed by atoms with van der Waals surface area (Å²) >= 11 is 0. The molecule has 0 saturated carbocycles. The van der Waals surface area contributed by atoms with Gasteiger partial charge in [-0.15, -0.1) is 0 Å². The fourth-order valence-corrected chi connectivity index (χ4v) is 1.70. The molecule has 0 fully saturated rings. The van der Waals surface area contributed by atoms with Crippen molar-refractivity contribution in [3.63, 3.8) is 0 Å². The molecule has 4 heteroatoms. The van der Waals surface area contributed by atoms with Crippen LogP contribution in [0.5, 0.6) is 5.75 Å². The molecule has 1 N–H and O–H groups in total. The van der Waals surface area contributed by atoms with Crippen LogP contribution in [0.25, 0.3) is 0 Å². The van der Waals surface area contributed by atoms with Gasteiger partial charge >= 0.3 is 0 Å². The van der Waals surface area contributed by atoms with Gasteiger partial charge in [-0.3, -0.25) is 4.79 Å². The zero-order chi connectivity index (χ0) is 14.3. The molecule has 1 unspecified atom stereocenters. The molecule has 0 radical (unpaired) electrons. The second-order valence-corrected chi connectivity index (χ2v) is 4.94. The van der Waals surface area contributed by atoms with Crippen molar-refractivity contribution >= 4 is 5.91 Å². The number of hydrogen-bond acceptors (Lipinski definition) is 3. The van der Waals surface area contributed by atoms with Gasteiger partial charge in [0, 0.05) is 20.5 Å². The molecule has 0 aromatic heterocycles. The first-order valence-electron chi connectivity index (χ1n) is 6.59. The van der Waals surface area contributed by atoms with Gasteiger partial charge < -0.3 is 14.7 Å². The molecule has 1 aromatic rings. The van der Waals surface area contributed by atoms with Crippen molar-refractivity contribution in [2.75, 3.05) is 20.7 Å². The molecule has 1 amide bonds. The number of carbonyl (C=O) groups excluding carboxylic acids is 1. The van der Waals surface area contributed by atoms with Crippen LogP contribution in [0.3, 0.4) is 0 Å². The molecule has 0 aliphatic heterocycles. The zero-order valence-corrected chi connectivity index (χ0v) is 11.9. The Morgan fingerprint density at radius 1 is 1.32 bits per heavy atom. The van der Waals surface area contributed by atoms with Crippen molar-refractivity contribution in [3.05, 3.63) is 29.8 Å². The van der Waals surface area contributed by atoms with E-state index < -0.39 is 0 Å². The summed E-state index contributed by atoms with van der Waals surface area (Å²) in [5.41, 5.74) is 1.09. The monoisotopic (exact) mass is 265 g/mol. The molecule has 1 atom stereocenters. The number of aliphatic hydroxyl groups is 1. The van der Waals surface area contributed by atoms with Crippen LogP contribution in [-0.4, -0.2) is 42.7 Å². The van der Waals surface area contributed by atoms with Crippen LogP contribution < -0.4 is 4.74 Å². The van der Waals surface area contributed by atoms with E-state index in [1.807, 2.05) is 24.3 Å². The quantitative estimate of drug-likeness (QED) is 0.766. The van der Waals surface area contributed by atoms with Crippen molar-refractivity contribution in [2.24, 2.45) is 0 Å². The van der Waals surface area contributed by atoms with Crippen molar-refractivity contribution in [1.29, 1.82) is 0 Å². The Morgan fingerprint density at radius 3 is 2.47 bits per heavy atom. The van der Waals surface area contributed by atoms with Crippen LogP contribution in [0.1, 0.15) is 25.3 Å². The molecule has 0 spiro atoms. The summed E-state index contributed by atoms with van der Waals surface area (Å²) in [6.07, 6.45) is 1.54. The van der Waals surface area contributed by atoms with Gasteiger partial charge in [0.05, 0.1) is 12.7 Å². The van der Waals surface area contributed by atoms with Gasteiger partial charge in [0.25, 0.3) is 0 Å². The molecular weight excluding hydrogens is 242 g/mol. The van der Waals surface area contributed by atoms with Gasteiger partial charge in [-0.2, -0.15) is 0 Å². The lowest BCUT2D eigenvalue weighted by molar-refractivity contribution is -0.128. The molecular formula is C15H23NO3. The molecule has 1 rings (SSSR count). The second-order valence-electron chi connectivity index (χ2n) is 4.94. The highest BCUT2D eigenvalue weighted by atomic mass is 16.5. The second kappa shape index (κ2) is 7.79. The number of nitrogens with zero attached hydrogens (tertiary/aromatic N) is 1. The third-order valence-corrected chi connectivity index (χ3v) is 2.76. The third kappa shape index (κ3) is 6.25. The van der Waals surface area contributed by atoms with E-state index in [1.54, 1.807) is 25.9 Å². The largest absolute Gasteiger partial charge is 0.494 e. The van der Waals surface area contributed by atoms with E-state index in [2.05, 4.69) is 0 Å². The smallest absolute Gasteiger partial charge is 0.222 e. The van der Waals surface area contributed by atoms with Gasteiger partial charge in [0.15, 0.2) is 0 Å². The number of benzene rings is 1. The van der Waals surface area contributed by atoms with E-state index in [9.17, 15) is 9.90 Å². The summed E-state index contributed by atoms with van der Waals surface area (Å²) in [7, 11) is 3.51. The zero-order valence-electron chi connectivity index (χ0n) is 11.9. The van der Waals surface area contributed by atoms with Crippen molar-refractivity contribution < 1.29 is 14.6 Å². The Balaban J connectivity index is 2.28. The molecule has 0 heterocycles. The first kappa shape index (κ1) is 15.5. The van der Waals surface area contributed by atoms with Gasteiger partial charge in [-0.05, 0) is 37.5 Å².